The van der Waals surface area contributed by atoms with Gasteiger partial charge in [0, 0.05) is 32.6 Å². The third-order valence-corrected chi connectivity index (χ3v) is 5.88. The van der Waals surface area contributed by atoms with Crippen LogP contribution in [-0.4, -0.2) is 48.7 Å². The van der Waals surface area contributed by atoms with Crippen molar-refractivity contribution in [1.29, 1.82) is 0 Å². The lowest BCUT2D eigenvalue weighted by Crippen LogP contribution is -2.39. The molecule has 4 rings (SSSR count). The maximum atomic E-state index is 12.4. The van der Waals surface area contributed by atoms with Crippen LogP contribution in [0.3, 0.4) is 0 Å². The predicted octanol–water partition coefficient (Wildman–Crippen LogP) is 2.72. The number of hydrazine groups is 2. The van der Waals surface area contributed by atoms with Crippen molar-refractivity contribution < 1.29 is 19.1 Å². The van der Waals surface area contributed by atoms with E-state index in [4.69, 9.17) is 9.47 Å². The minimum atomic E-state index is -0.308. The standard InChI is InChI=1S/C28H30N6O4/c1-37-23-7-3-5-19(13-23)15-31-33-27(35)21-9-11-25(29-17-21)26-12-10-22(18-30-26)28(36)34-32-16-20-6-4-8-24(14-20)38-2/h3-13,17-18,24,31-32H,14-16H2,1-2H3,(H,33,35)(H,34,36). The fourth-order valence-electron chi connectivity index (χ4n) is 3.75. The molecule has 0 saturated heterocycles. The third-order valence-electron chi connectivity index (χ3n) is 5.88. The van der Waals surface area contributed by atoms with Gasteiger partial charge in [-0.15, -0.1) is 0 Å². The van der Waals surface area contributed by atoms with Crippen molar-refractivity contribution >= 4 is 11.8 Å². The van der Waals surface area contributed by atoms with E-state index >= 15 is 0 Å². The highest BCUT2D eigenvalue weighted by atomic mass is 16.5. The molecule has 0 spiro atoms. The number of methoxy groups -OCH3 is 2. The highest BCUT2D eigenvalue weighted by molar-refractivity contribution is 5.94. The maximum absolute atomic E-state index is 12.4. The SMILES string of the molecule is COc1cccc(CNNC(=O)c2ccc(-c3ccc(C(=O)NNCC4=CC=CC(OC)C4)cn3)nc2)c1. The molecule has 0 radical (unpaired) electrons. The third kappa shape index (κ3) is 7.32. The Labute approximate surface area is 221 Å². The molecule has 4 N–H and O–H groups in total. The van der Waals surface area contributed by atoms with Crippen LogP contribution in [0.4, 0.5) is 0 Å². The average Bonchev–Trinajstić information content (AvgIpc) is 2.97. The molecule has 1 atom stereocenters. The van der Waals surface area contributed by atoms with Gasteiger partial charge >= 0.3 is 0 Å². The van der Waals surface area contributed by atoms with Gasteiger partial charge in [-0.1, -0.05) is 35.9 Å². The molecule has 10 heteroatoms. The number of hydrogen-bond acceptors (Lipinski definition) is 8. The highest BCUT2D eigenvalue weighted by Crippen LogP contribution is 2.16. The Balaban J connectivity index is 1.24. The molecule has 1 aliphatic carbocycles. The Bertz CT molecular complexity index is 1310. The molecule has 1 aliphatic rings. The van der Waals surface area contributed by atoms with Gasteiger partial charge in [0.1, 0.15) is 5.75 Å². The number of carbonyl (C=O) groups excluding carboxylic acids is 2. The van der Waals surface area contributed by atoms with Crippen LogP contribution < -0.4 is 26.4 Å². The molecule has 196 valence electrons. The van der Waals surface area contributed by atoms with Gasteiger partial charge in [-0.05, 0) is 48.4 Å². The number of aromatic nitrogens is 2. The van der Waals surface area contributed by atoms with Gasteiger partial charge in [0.15, 0.2) is 0 Å². The summed E-state index contributed by atoms with van der Waals surface area (Å²) in [5.74, 6) is 0.152. The zero-order chi connectivity index (χ0) is 26.7. The summed E-state index contributed by atoms with van der Waals surface area (Å²) < 4.78 is 10.5. The lowest BCUT2D eigenvalue weighted by molar-refractivity contribution is 0.0924. The van der Waals surface area contributed by atoms with Crippen molar-refractivity contribution in [1.82, 2.24) is 31.7 Å². The van der Waals surface area contributed by atoms with Gasteiger partial charge in [0.2, 0.25) is 0 Å². The second-order valence-corrected chi connectivity index (χ2v) is 8.52. The van der Waals surface area contributed by atoms with Crippen molar-refractivity contribution in [2.45, 2.75) is 19.1 Å². The van der Waals surface area contributed by atoms with Crippen LogP contribution in [0.2, 0.25) is 0 Å². The molecule has 0 aliphatic heterocycles. The summed E-state index contributed by atoms with van der Waals surface area (Å²) in [6.07, 6.45) is 9.75. The summed E-state index contributed by atoms with van der Waals surface area (Å²) in [4.78, 5) is 33.6. The molecule has 38 heavy (non-hydrogen) atoms. The van der Waals surface area contributed by atoms with Crippen LogP contribution >= 0.6 is 0 Å². The maximum Gasteiger partial charge on any atom is 0.266 e. The highest BCUT2D eigenvalue weighted by Gasteiger charge is 2.12. The van der Waals surface area contributed by atoms with Crippen LogP contribution in [0, 0.1) is 0 Å². The minimum absolute atomic E-state index is 0.0580. The Morgan fingerprint density at radius 3 is 2.13 bits per heavy atom. The number of nitrogens with one attached hydrogen (secondary N) is 4. The first-order valence-electron chi connectivity index (χ1n) is 12.1. The lowest BCUT2D eigenvalue weighted by atomic mass is 10.0. The van der Waals surface area contributed by atoms with E-state index in [0.29, 0.717) is 35.6 Å². The van der Waals surface area contributed by atoms with E-state index in [1.54, 1.807) is 38.5 Å². The number of ether oxygens (including phenoxy) is 2. The smallest absolute Gasteiger partial charge is 0.266 e. The summed E-state index contributed by atoms with van der Waals surface area (Å²) in [5.41, 5.74) is 15.3. The molecule has 1 unspecified atom stereocenters. The van der Waals surface area contributed by atoms with Gasteiger partial charge in [0.25, 0.3) is 11.8 Å². The number of pyridine rings is 2. The van der Waals surface area contributed by atoms with E-state index < -0.39 is 0 Å². The summed E-state index contributed by atoms with van der Waals surface area (Å²) in [5, 5.41) is 0. The number of benzene rings is 1. The van der Waals surface area contributed by atoms with Crippen molar-refractivity contribution in [3.63, 3.8) is 0 Å². The number of hydrogen-bond donors (Lipinski definition) is 4. The Morgan fingerprint density at radius 2 is 1.55 bits per heavy atom. The molecule has 10 nitrogen and oxygen atoms in total. The average molecular weight is 515 g/mol. The molecule has 3 aromatic rings. The van der Waals surface area contributed by atoms with Gasteiger partial charge in [-0.2, -0.15) is 0 Å². The first-order valence-corrected chi connectivity index (χ1v) is 12.1. The summed E-state index contributed by atoms with van der Waals surface area (Å²) in [6, 6.07) is 14.3. The quantitative estimate of drug-likeness (QED) is 0.288. The molecule has 2 heterocycles. The van der Waals surface area contributed by atoms with Crippen LogP contribution in [0.15, 0.2) is 84.7 Å². The van der Waals surface area contributed by atoms with Gasteiger partial charge in [0.05, 0.1) is 35.7 Å². The van der Waals surface area contributed by atoms with E-state index in [2.05, 4.69) is 31.7 Å². The fourth-order valence-corrected chi connectivity index (χ4v) is 3.75. The number of amides is 2. The summed E-state index contributed by atoms with van der Waals surface area (Å²) in [7, 11) is 3.28. The van der Waals surface area contributed by atoms with Gasteiger partial charge in [-0.3, -0.25) is 30.4 Å². The Hall–Kier alpha value is -4.38. The topological polar surface area (TPSA) is 127 Å². The molecule has 0 fully saturated rings. The first kappa shape index (κ1) is 26.7. The normalized spacial score (nSPS) is 14.5. The van der Waals surface area contributed by atoms with Crippen molar-refractivity contribution in [3.05, 3.63) is 101 Å². The van der Waals surface area contributed by atoms with Crippen LogP contribution in [0.25, 0.3) is 11.4 Å². The molecule has 1 aromatic carbocycles. The van der Waals surface area contributed by atoms with Gasteiger partial charge < -0.3 is 9.47 Å². The Morgan fingerprint density at radius 1 is 0.895 bits per heavy atom. The van der Waals surface area contributed by atoms with Crippen molar-refractivity contribution in [2.24, 2.45) is 0 Å². The minimum Gasteiger partial charge on any atom is -0.497 e. The molecule has 2 amide bonds. The van der Waals surface area contributed by atoms with Crippen molar-refractivity contribution in [2.75, 3.05) is 20.8 Å². The number of carbonyl (C=O) groups is 2. The van der Waals surface area contributed by atoms with Gasteiger partial charge in [-0.25, -0.2) is 10.9 Å². The monoisotopic (exact) mass is 514 g/mol. The van der Waals surface area contributed by atoms with E-state index in [0.717, 1.165) is 23.3 Å². The van der Waals surface area contributed by atoms with E-state index in [9.17, 15) is 9.59 Å². The second kappa shape index (κ2) is 13.2. The van der Waals surface area contributed by atoms with Crippen molar-refractivity contribution in [3.8, 4) is 17.1 Å². The second-order valence-electron chi connectivity index (χ2n) is 8.52. The van der Waals surface area contributed by atoms with Crippen LogP contribution in [-0.2, 0) is 11.3 Å². The summed E-state index contributed by atoms with van der Waals surface area (Å²) >= 11 is 0. The number of allylic oxidation sites excluding steroid dienone is 2. The van der Waals surface area contributed by atoms with E-state index in [-0.39, 0.29) is 17.9 Å². The van der Waals surface area contributed by atoms with E-state index in [1.807, 2.05) is 42.5 Å². The first-order chi connectivity index (χ1) is 18.6. The zero-order valence-electron chi connectivity index (χ0n) is 21.2. The molecule has 2 aromatic heterocycles. The molecule has 0 bridgehead atoms. The lowest BCUT2D eigenvalue weighted by Gasteiger charge is -2.17. The molecular formula is C28H30N6O4. The molecular weight excluding hydrogens is 484 g/mol. The number of rotatable bonds is 11. The Kier molecular flexibility index (Phi) is 9.30. The van der Waals surface area contributed by atoms with E-state index in [1.165, 1.54) is 12.4 Å². The van der Waals surface area contributed by atoms with Crippen LogP contribution in [0.1, 0.15) is 32.7 Å². The van der Waals surface area contributed by atoms with Crippen LogP contribution in [0.5, 0.6) is 5.75 Å². The predicted molar refractivity (Wildman–Crippen MR) is 143 cm³/mol. The number of nitrogens with zero attached hydrogens (tertiary/aromatic N) is 2. The largest absolute Gasteiger partial charge is 0.497 e. The zero-order valence-corrected chi connectivity index (χ0v) is 21.2. The molecule has 0 saturated carbocycles. The fraction of sp³-hybridized carbons (Fsp3) is 0.214. The summed E-state index contributed by atoms with van der Waals surface area (Å²) in [6.45, 7) is 0.957.